The summed E-state index contributed by atoms with van der Waals surface area (Å²) in [6, 6.07) is 17.4. The van der Waals surface area contributed by atoms with Crippen LogP contribution in [0.25, 0.3) is 5.65 Å². The smallest absolute Gasteiger partial charge is 0.272 e. The van der Waals surface area contributed by atoms with Gasteiger partial charge in [-0.3, -0.25) is 9.59 Å². The first-order valence-electron chi connectivity index (χ1n) is 10.9. The van der Waals surface area contributed by atoms with Gasteiger partial charge in [0.1, 0.15) is 17.1 Å². The average Bonchev–Trinajstić information content (AvgIpc) is 3.20. The van der Waals surface area contributed by atoms with Crippen LogP contribution in [-0.4, -0.2) is 27.8 Å². The molecule has 7 heteroatoms. The number of primary amides is 1. The Balaban J connectivity index is 1.51. The van der Waals surface area contributed by atoms with E-state index in [1.807, 2.05) is 60.0 Å². The summed E-state index contributed by atoms with van der Waals surface area (Å²) in [6.07, 6.45) is 5.26. The Morgan fingerprint density at radius 3 is 2.70 bits per heavy atom. The van der Waals surface area contributed by atoms with Crippen LogP contribution in [0.5, 0.6) is 5.75 Å². The number of hydrogen-bond acceptors (Lipinski definition) is 4. The number of nitrogens with one attached hydrogen (secondary N) is 1. The highest BCUT2D eigenvalue weighted by Crippen LogP contribution is 2.34. The van der Waals surface area contributed by atoms with Crippen molar-refractivity contribution in [3.8, 4) is 5.75 Å². The number of benzene rings is 2. The summed E-state index contributed by atoms with van der Waals surface area (Å²) in [5.41, 5.74) is 11.7. The number of aryl methyl sites for hydroxylation is 3. The van der Waals surface area contributed by atoms with Gasteiger partial charge in [-0.15, -0.1) is 0 Å². The van der Waals surface area contributed by atoms with Crippen molar-refractivity contribution in [1.29, 1.82) is 0 Å². The Hall–Kier alpha value is -4.13. The molecule has 3 N–H and O–H groups in total. The van der Waals surface area contributed by atoms with Crippen LogP contribution >= 0.6 is 0 Å². The van der Waals surface area contributed by atoms with Gasteiger partial charge in [-0.2, -0.15) is 0 Å². The fourth-order valence-corrected chi connectivity index (χ4v) is 4.43. The zero-order valence-corrected chi connectivity index (χ0v) is 18.2. The predicted octanol–water partition coefficient (Wildman–Crippen LogP) is 3.12. The number of nitrogens with two attached hydrogens (primary N) is 1. The molecule has 4 aromatic rings. The number of pyridine rings is 1. The van der Waals surface area contributed by atoms with Crippen LogP contribution in [0.1, 0.15) is 44.3 Å². The molecule has 2 aromatic heterocycles. The molecule has 1 aliphatic rings. The zero-order chi connectivity index (χ0) is 22.9. The van der Waals surface area contributed by atoms with Gasteiger partial charge < -0.3 is 20.2 Å². The van der Waals surface area contributed by atoms with E-state index >= 15 is 0 Å². The van der Waals surface area contributed by atoms with Gasteiger partial charge in [0.15, 0.2) is 6.61 Å². The lowest BCUT2D eigenvalue weighted by Gasteiger charge is -2.22. The third-order valence-electron chi connectivity index (χ3n) is 6.02. The number of amides is 2. The van der Waals surface area contributed by atoms with E-state index in [4.69, 9.17) is 10.5 Å². The van der Waals surface area contributed by atoms with Crippen LogP contribution in [0, 0.1) is 6.92 Å². The summed E-state index contributed by atoms with van der Waals surface area (Å²) >= 11 is 0. The molecule has 1 aliphatic carbocycles. The molecule has 2 aromatic carbocycles. The maximum Gasteiger partial charge on any atom is 0.272 e. The van der Waals surface area contributed by atoms with Crippen molar-refractivity contribution >= 4 is 17.5 Å². The van der Waals surface area contributed by atoms with Gasteiger partial charge in [-0.1, -0.05) is 36.4 Å². The number of rotatable bonds is 5. The normalized spacial score (nSPS) is 14.8. The molecule has 2 heterocycles. The number of fused-ring (bicyclic) bond motifs is 3. The van der Waals surface area contributed by atoms with E-state index in [0.29, 0.717) is 11.4 Å². The first-order chi connectivity index (χ1) is 16.0. The Morgan fingerprint density at radius 1 is 1.09 bits per heavy atom. The molecule has 1 unspecified atom stereocenters. The fourth-order valence-electron chi connectivity index (χ4n) is 4.43. The number of carbonyl (C=O) groups excluding carboxylic acids is 2. The molecule has 0 spiro atoms. The predicted molar refractivity (Wildman–Crippen MR) is 124 cm³/mol. The molecule has 2 amide bonds. The topological polar surface area (TPSA) is 98.7 Å². The van der Waals surface area contributed by atoms with Crippen molar-refractivity contribution in [2.75, 3.05) is 6.61 Å². The Morgan fingerprint density at radius 2 is 1.88 bits per heavy atom. The number of nitrogens with zero attached hydrogens (tertiary/aromatic N) is 2. The van der Waals surface area contributed by atoms with Crippen LogP contribution < -0.4 is 15.8 Å². The lowest BCUT2D eigenvalue weighted by atomic mass is 9.94. The monoisotopic (exact) mass is 440 g/mol. The highest BCUT2D eigenvalue weighted by Gasteiger charge is 2.26. The van der Waals surface area contributed by atoms with E-state index in [1.165, 1.54) is 5.56 Å². The van der Waals surface area contributed by atoms with Gasteiger partial charge in [0.2, 0.25) is 0 Å². The highest BCUT2D eigenvalue weighted by atomic mass is 16.5. The van der Waals surface area contributed by atoms with Crippen molar-refractivity contribution in [2.24, 2.45) is 5.73 Å². The first-order valence-corrected chi connectivity index (χ1v) is 10.9. The standard InChI is InChI=1S/C26H24N4O3/c1-16-5-4-12-30-14-22(28-25(16)30)26(32)29-24-20-7-3-2-6-17(20)8-9-18-13-19(10-11-21(18)24)33-15-23(27)31/h2-7,10-14,24H,8-9,15H2,1H3,(H2,27,31)(H,29,32). The maximum atomic E-state index is 13.3. The summed E-state index contributed by atoms with van der Waals surface area (Å²) in [7, 11) is 0. The highest BCUT2D eigenvalue weighted by molar-refractivity contribution is 5.93. The van der Waals surface area contributed by atoms with Gasteiger partial charge in [-0.05, 0) is 65.8 Å². The molecular formula is C26H24N4O3. The zero-order valence-electron chi connectivity index (χ0n) is 18.2. The van der Waals surface area contributed by atoms with Gasteiger partial charge in [0.05, 0.1) is 6.04 Å². The second-order valence-corrected chi connectivity index (χ2v) is 8.27. The Kier molecular flexibility index (Phi) is 5.30. The molecule has 0 aliphatic heterocycles. The van der Waals surface area contributed by atoms with Gasteiger partial charge in [0, 0.05) is 12.4 Å². The lowest BCUT2D eigenvalue weighted by molar-refractivity contribution is -0.119. The number of aromatic nitrogens is 2. The SMILES string of the molecule is Cc1cccn2cc(C(=O)NC3c4ccccc4CCc4cc(OCC(N)=O)ccc43)nc12. The van der Waals surface area contributed by atoms with Crippen molar-refractivity contribution in [3.63, 3.8) is 0 Å². The minimum atomic E-state index is -0.523. The fraction of sp³-hybridized carbons (Fsp3) is 0.192. The van der Waals surface area contributed by atoms with Crippen LogP contribution in [0.3, 0.4) is 0 Å². The van der Waals surface area contributed by atoms with Crippen molar-refractivity contribution in [2.45, 2.75) is 25.8 Å². The summed E-state index contributed by atoms with van der Waals surface area (Å²) in [6.45, 7) is 1.80. The van der Waals surface area contributed by atoms with E-state index in [2.05, 4.69) is 22.4 Å². The molecule has 33 heavy (non-hydrogen) atoms. The van der Waals surface area contributed by atoms with E-state index in [9.17, 15) is 9.59 Å². The molecular weight excluding hydrogens is 416 g/mol. The second-order valence-electron chi connectivity index (χ2n) is 8.27. The van der Waals surface area contributed by atoms with E-state index in [-0.39, 0.29) is 18.6 Å². The average molecular weight is 441 g/mol. The largest absolute Gasteiger partial charge is 0.484 e. The molecule has 0 bridgehead atoms. The van der Waals surface area contributed by atoms with Crippen molar-refractivity contribution in [1.82, 2.24) is 14.7 Å². The minimum absolute atomic E-state index is 0.174. The van der Waals surface area contributed by atoms with E-state index in [1.54, 1.807) is 6.20 Å². The summed E-state index contributed by atoms with van der Waals surface area (Å²) < 4.78 is 7.37. The molecule has 0 saturated carbocycles. The van der Waals surface area contributed by atoms with Crippen molar-refractivity contribution in [3.05, 3.63) is 101 Å². The quantitative estimate of drug-likeness (QED) is 0.498. The molecule has 166 valence electrons. The summed E-state index contributed by atoms with van der Waals surface area (Å²) in [5.74, 6) is -0.176. The number of ether oxygens (including phenoxy) is 1. The first kappa shape index (κ1) is 20.8. The molecule has 0 fully saturated rings. The minimum Gasteiger partial charge on any atom is -0.484 e. The number of carbonyl (C=O) groups is 2. The second kappa shape index (κ2) is 8.43. The molecule has 5 rings (SSSR count). The van der Waals surface area contributed by atoms with Gasteiger partial charge in [0.25, 0.3) is 11.8 Å². The number of imidazole rings is 1. The van der Waals surface area contributed by atoms with E-state index in [0.717, 1.165) is 40.7 Å². The summed E-state index contributed by atoms with van der Waals surface area (Å²) in [5, 5.41) is 3.21. The van der Waals surface area contributed by atoms with Crippen molar-refractivity contribution < 1.29 is 14.3 Å². The third-order valence-corrected chi connectivity index (χ3v) is 6.02. The molecule has 0 radical (unpaired) electrons. The summed E-state index contributed by atoms with van der Waals surface area (Å²) in [4.78, 5) is 29.0. The van der Waals surface area contributed by atoms with Crippen LogP contribution in [0.2, 0.25) is 0 Å². The Bertz CT molecular complexity index is 1380. The Labute approximate surface area is 191 Å². The molecule has 1 atom stereocenters. The third kappa shape index (κ3) is 4.05. The lowest BCUT2D eigenvalue weighted by Crippen LogP contribution is -2.30. The van der Waals surface area contributed by atoms with Crippen LogP contribution in [0.15, 0.2) is 67.0 Å². The van der Waals surface area contributed by atoms with Gasteiger partial charge >= 0.3 is 0 Å². The van der Waals surface area contributed by atoms with Crippen LogP contribution in [0.4, 0.5) is 0 Å². The van der Waals surface area contributed by atoms with E-state index < -0.39 is 5.91 Å². The van der Waals surface area contributed by atoms with Gasteiger partial charge in [-0.25, -0.2) is 4.98 Å². The van der Waals surface area contributed by atoms with Crippen LogP contribution in [-0.2, 0) is 17.6 Å². The maximum absolute atomic E-state index is 13.3. The molecule has 7 nitrogen and oxygen atoms in total. The molecule has 0 saturated heterocycles. The number of hydrogen-bond donors (Lipinski definition) is 2.